The summed E-state index contributed by atoms with van der Waals surface area (Å²) in [5.41, 5.74) is 1.63. The van der Waals surface area contributed by atoms with Gasteiger partial charge in [-0.15, -0.1) is 16.4 Å². The zero-order valence-corrected chi connectivity index (χ0v) is 15.6. The van der Waals surface area contributed by atoms with Gasteiger partial charge in [-0.25, -0.2) is 4.68 Å². The summed E-state index contributed by atoms with van der Waals surface area (Å²) < 4.78 is 13.3. The van der Waals surface area contributed by atoms with Crippen molar-refractivity contribution >= 4 is 23.2 Å². The Hall–Kier alpha value is -3.20. The van der Waals surface area contributed by atoms with Crippen molar-refractivity contribution in [2.75, 3.05) is 13.2 Å². The highest BCUT2D eigenvalue weighted by molar-refractivity contribution is 7.08. The van der Waals surface area contributed by atoms with Crippen molar-refractivity contribution in [1.82, 2.24) is 19.9 Å². The molecule has 0 bridgehead atoms. The number of amides is 2. The number of hydrogen-bond acceptors (Lipinski definition) is 7. The second-order valence-electron chi connectivity index (χ2n) is 6.64. The zero-order valence-electron chi connectivity index (χ0n) is 14.8. The largest absolute Gasteiger partial charge is 0.485 e. The average Bonchev–Trinajstić information content (AvgIpc) is 3.41. The highest BCUT2D eigenvalue weighted by atomic mass is 32.1. The Labute approximate surface area is 164 Å². The van der Waals surface area contributed by atoms with Crippen LogP contribution in [0.3, 0.4) is 0 Å². The van der Waals surface area contributed by atoms with Gasteiger partial charge in [-0.1, -0.05) is 17.3 Å². The molecule has 2 aliphatic heterocycles. The van der Waals surface area contributed by atoms with Gasteiger partial charge >= 0.3 is 0 Å². The van der Waals surface area contributed by atoms with Crippen LogP contribution in [0.5, 0.6) is 11.5 Å². The van der Waals surface area contributed by atoms with Crippen LogP contribution in [0.25, 0.3) is 0 Å². The molecule has 1 aromatic carbocycles. The molecule has 0 fully saturated rings. The molecule has 2 aromatic heterocycles. The molecule has 0 aliphatic carbocycles. The van der Waals surface area contributed by atoms with Crippen molar-refractivity contribution < 1.29 is 19.1 Å². The van der Waals surface area contributed by atoms with Crippen molar-refractivity contribution in [3.8, 4) is 11.5 Å². The number of rotatable bonds is 5. The minimum absolute atomic E-state index is 0.145. The van der Waals surface area contributed by atoms with E-state index >= 15 is 0 Å². The van der Waals surface area contributed by atoms with E-state index in [0.29, 0.717) is 36.4 Å². The van der Waals surface area contributed by atoms with E-state index in [0.717, 1.165) is 11.5 Å². The molecule has 3 aromatic rings. The molecular formula is C19H16N4O4S. The van der Waals surface area contributed by atoms with Crippen LogP contribution < -0.4 is 9.47 Å². The first-order chi connectivity index (χ1) is 13.7. The predicted molar refractivity (Wildman–Crippen MR) is 99.8 cm³/mol. The number of fused-ring (bicyclic) bond motifs is 2. The van der Waals surface area contributed by atoms with Gasteiger partial charge in [0.15, 0.2) is 17.6 Å². The lowest BCUT2D eigenvalue weighted by Crippen LogP contribution is -2.33. The number of aromatic nitrogens is 3. The van der Waals surface area contributed by atoms with Gasteiger partial charge in [0.05, 0.1) is 23.4 Å². The molecule has 0 radical (unpaired) electrons. The number of benzene rings is 1. The van der Waals surface area contributed by atoms with Crippen LogP contribution in [0.15, 0.2) is 41.2 Å². The van der Waals surface area contributed by atoms with Gasteiger partial charge < -0.3 is 9.47 Å². The molecule has 5 rings (SSSR count). The molecule has 0 saturated heterocycles. The number of carbonyl (C=O) groups excluding carboxylic acids is 2. The quantitative estimate of drug-likeness (QED) is 0.614. The normalized spacial score (nSPS) is 17.9. The number of thiophene rings is 1. The van der Waals surface area contributed by atoms with Crippen LogP contribution in [0.2, 0.25) is 0 Å². The van der Waals surface area contributed by atoms with Crippen LogP contribution in [-0.2, 0) is 13.0 Å². The molecule has 9 heteroatoms. The van der Waals surface area contributed by atoms with E-state index in [2.05, 4.69) is 10.3 Å². The lowest BCUT2D eigenvalue weighted by molar-refractivity contribution is 0.0656. The second kappa shape index (κ2) is 6.75. The third-order valence-electron chi connectivity index (χ3n) is 4.76. The van der Waals surface area contributed by atoms with Crippen molar-refractivity contribution in [2.45, 2.75) is 19.1 Å². The Morgan fingerprint density at radius 3 is 2.64 bits per heavy atom. The van der Waals surface area contributed by atoms with Crippen molar-refractivity contribution in [3.63, 3.8) is 0 Å². The van der Waals surface area contributed by atoms with E-state index in [9.17, 15) is 9.59 Å². The van der Waals surface area contributed by atoms with E-state index in [4.69, 9.17) is 9.47 Å². The molecule has 1 atom stereocenters. The fraction of sp³-hybridized carbons (Fsp3) is 0.263. The molecule has 2 amide bonds. The van der Waals surface area contributed by atoms with Gasteiger partial charge in [0.1, 0.15) is 6.61 Å². The average molecular weight is 396 g/mol. The first kappa shape index (κ1) is 16.9. The van der Waals surface area contributed by atoms with Gasteiger partial charge in [0.25, 0.3) is 11.8 Å². The Morgan fingerprint density at radius 1 is 1.11 bits per heavy atom. The summed E-state index contributed by atoms with van der Waals surface area (Å²) in [5, 5.41) is 12.1. The minimum Gasteiger partial charge on any atom is -0.485 e. The van der Waals surface area contributed by atoms with E-state index < -0.39 is 0 Å². The summed E-state index contributed by atoms with van der Waals surface area (Å²) in [4.78, 5) is 26.1. The fourth-order valence-corrected chi connectivity index (χ4v) is 4.04. The predicted octanol–water partition coefficient (Wildman–Crippen LogP) is 2.02. The molecule has 142 valence electrons. The Bertz CT molecular complexity index is 1020. The van der Waals surface area contributed by atoms with Gasteiger partial charge in [0.2, 0.25) is 0 Å². The highest BCUT2D eigenvalue weighted by Crippen LogP contribution is 2.35. The molecule has 2 aliphatic rings. The highest BCUT2D eigenvalue weighted by Gasteiger charge is 2.34. The van der Waals surface area contributed by atoms with E-state index in [1.54, 1.807) is 28.9 Å². The van der Waals surface area contributed by atoms with Gasteiger partial charge in [0, 0.05) is 29.9 Å². The van der Waals surface area contributed by atoms with Crippen LogP contribution in [0.1, 0.15) is 26.4 Å². The summed E-state index contributed by atoms with van der Waals surface area (Å²) in [7, 11) is 0. The second-order valence-corrected chi connectivity index (χ2v) is 7.38. The number of carbonyl (C=O) groups is 2. The van der Waals surface area contributed by atoms with Gasteiger partial charge in [-0.2, -0.15) is 0 Å². The molecule has 8 nitrogen and oxygen atoms in total. The molecule has 1 unspecified atom stereocenters. The number of nitrogens with zero attached hydrogens (tertiary/aromatic N) is 4. The van der Waals surface area contributed by atoms with Crippen LogP contribution in [0.4, 0.5) is 0 Å². The van der Waals surface area contributed by atoms with Gasteiger partial charge in [-0.05, 0) is 12.1 Å². The van der Waals surface area contributed by atoms with E-state index in [1.165, 1.54) is 16.2 Å². The topological polar surface area (TPSA) is 86.6 Å². The van der Waals surface area contributed by atoms with Crippen molar-refractivity contribution in [3.05, 3.63) is 58.0 Å². The summed E-state index contributed by atoms with van der Waals surface area (Å²) in [6.07, 6.45) is 2.11. The smallest absolute Gasteiger partial charge is 0.261 e. The molecule has 28 heavy (non-hydrogen) atoms. The van der Waals surface area contributed by atoms with Gasteiger partial charge in [-0.3, -0.25) is 14.5 Å². The molecule has 0 N–H and O–H groups in total. The third-order valence-corrected chi connectivity index (χ3v) is 5.46. The maximum absolute atomic E-state index is 12.4. The molecule has 4 heterocycles. The SMILES string of the molecule is O=C1c2ccccc2C(=O)N1CCc1cn(CC2COc3cscc3O2)nn1. The van der Waals surface area contributed by atoms with Crippen molar-refractivity contribution in [2.24, 2.45) is 0 Å². The maximum Gasteiger partial charge on any atom is 0.261 e. The Morgan fingerprint density at radius 2 is 1.86 bits per heavy atom. The molecule has 0 saturated carbocycles. The number of ether oxygens (including phenoxy) is 2. The molecule has 0 spiro atoms. The zero-order chi connectivity index (χ0) is 19.1. The summed E-state index contributed by atoms with van der Waals surface area (Å²) >= 11 is 1.54. The Balaban J connectivity index is 1.20. The van der Waals surface area contributed by atoms with Crippen LogP contribution >= 0.6 is 11.3 Å². The number of imide groups is 1. The standard InChI is InChI=1S/C19H16N4O4S/c24-18-14-3-1-2-4-15(14)19(25)23(18)6-5-12-7-22(21-20-12)8-13-9-26-16-10-28-11-17(16)27-13/h1-4,7,10-11,13H,5-6,8-9H2. The first-order valence-corrected chi connectivity index (χ1v) is 9.83. The number of hydrogen-bond donors (Lipinski definition) is 0. The monoisotopic (exact) mass is 396 g/mol. The fourth-order valence-electron chi connectivity index (χ4n) is 3.37. The maximum atomic E-state index is 12.4. The minimum atomic E-state index is -0.257. The summed E-state index contributed by atoms with van der Waals surface area (Å²) in [6.45, 7) is 1.23. The van der Waals surface area contributed by atoms with E-state index in [-0.39, 0.29) is 24.5 Å². The van der Waals surface area contributed by atoms with Crippen LogP contribution in [-0.4, -0.2) is 51.0 Å². The summed E-state index contributed by atoms with van der Waals surface area (Å²) in [5.74, 6) is 1.02. The lowest BCUT2D eigenvalue weighted by Gasteiger charge is -2.24. The summed E-state index contributed by atoms with van der Waals surface area (Å²) in [6, 6.07) is 6.87. The lowest BCUT2D eigenvalue weighted by atomic mass is 10.1. The Kier molecular flexibility index (Phi) is 4.09. The third kappa shape index (κ3) is 2.93. The van der Waals surface area contributed by atoms with Crippen LogP contribution in [0, 0.1) is 0 Å². The van der Waals surface area contributed by atoms with E-state index in [1.807, 2.05) is 17.0 Å². The van der Waals surface area contributed by atoms with Crippen molar-refractivity contribution in [1.29, 1.82) is 0 Å². The first-order valence-electron chi connectivity index (χ1n) is 8.89. The molecular weight excluding hydrogens is 380 g/mol.